The summed E-state index contributed by atoms with van der Waals surface area (Å²) in [4.78, 5) is 23.4. The second kappa shape index (κ2) is 9.19. The van der Waals surface area contributed by atoms with E-state index in [1.54, 1.807) is 0 Å². The highest BCUT2D eigenvalue weighted by Crippen LogP contribution is 2.23. The van der Waals surface area contributed by atoms with Gasteiger partial charge in [-0.05, 0) is 24.7 Å². The van der Waals surface area contributed by atoms with E-state index >= 15 is 0 Å². The molecular weight excluding hydrogens is 278 g/mol. The summed E-state index contributed by atoms with van der Waals surface area (Å²) in [5.41, 5.74) is 5.71. The fourth-order valence-corrected chi connectivity index (χ4v) is 2.38. The number of halogens is 1. The molecule has 6 heteroatoms. The molecule has 1 aliphatic carbocycles. The Labute approximate surface area is 127 Å². The first-order chi connectivity index (χ1) is 8.91. The number of rotatable bonds is 5. The lowest BCUT2D eigenvalue weighted by Crippen LogP contribution is -2.49. The highest BCUT2D eigenvalue weighted by molar-refractivity contribution is 5.87. The third-order valence-electron chi connectivity index (χ3n) is 3.90. The maximum absolute atomic E-state index is 11.8. The highest BCUT2D eigenvalue weighted by atomic mass is 35.5. The van der Waals surface area contributed by atoms with Gasteiger partial charge in [-0.1, -0.05) is 33.6 Å². The molecule has 118 valence electrons. The van der Waals surface area contributed by atoms with Crippen molar-refractivity contribution in [1.82, 2.24) is 10.6 Å². The molecule has 0 saturated heterocycles. The lowest BCUT2D eigenvalue weighted by molar-refractivity contribution is -0.127. The predicted octanol–water partition coefficient (Wildman–Crippen LogP) is 1.20. The van der Waals surface area contributed by atoms with Crippen LogP contribution in [0.5, 0.6) is 0 Å². The maximum atomic E-state index is 11.8. The first kappa shape index (κ1) is 19.2. The molecule has 2 amide bonds. The Hall–Kier alpha value is -0.810. The number of nitrogens with two attached hydrogens (primary N) is 1. The molecule has 2 unspecified atom stereocenters. The molecule has 0 spiro atoms. The molecule has 20 heavy (non-hydrogen) atoms. The number of amides is 2. The Balaban J connectivity index is 0.00000361. The zero-order chi connectivity index (χ0) is 14.4. The number of nitrogens with one attached hydrogen (secondary N) is 2. The van der Waals surface area contributed by atoms with Gasteiger partial charge >= 0.3 is 0 Å². The van der Waals surface area contributed by atoms with Crippen LogP contribution in [0.3, 0.4) is 0 Å². The van der Waals surface area contributed by atoms with Crippen molar-refractivity contribution >= 4 is 24.2 Å². The fraction of sp³-hybridized carbons (Fsp3) is 0.857. The normalized spacial score (nSPS) is 23.6. The zero-order valence-corrected chi connectivity index (χ0v) is 13.5. The molecule has 4 N–H and O–H groups in total. The molecule has 0 aliphatic heterocycles. The number of carbonyl (C=O) groups excluding carboxylic acids is 2. The van der Waals surface area contributed by atoms with Gasteiger partial charge < -0.3 is 16.4 Å². The highest BCUT2D eigenvalue weighted by Gasteiger charge is 2.23. The number of carbonyl (C=O) groups is 2. The van der Waals surface area contributed by atoms with Crippen molar-refractivity contribution in [1.29, 1.82) is 0 Å². The van der Waals surface area contributed by atoms with E-state index in [1.807, 2.05) is 13.8 Å². The van der Waals surface area contributed by atoms with E-state index in [0.29, 0.717) is 5.92 Å². The van der Waals surface area contributed by atoms with E-state index in [2.05, 4.69) is 17.6 Å². The standard InChI is InChI=1S/C14H27N3O2.ClH/c1-9(2)13(15)14(19)16-8-12(18)17-11-7-5-4-6-10(11)3;/h9-11,13H,4-8,15H2,1-3H3,(H,16,19)(H,17,18);1H/t10?,11?,13-;/m0./s1. The number of hydrogen-bond acceptors (Lipinski definition) is 3. The minimum Gasteiger partial charge on any atom is -0.352 e. The van der Waals surface area contributed by atoms with E-state index < -0.39 is 6.04 Å². The molecule has 0 heterocycles. The molecule has 1 fully saturated rings. The fourth-order valence-electron chi connectivity index (χ4n) is 2.38. The van der Waals surface area contributed by atoms with Crippen molar-refractivity contribution < 1.29 is 9.59 Å². The van der Waals surface area contributed by atoms with Crippen molar-refractivity contribution in [3.05, 3.63) is 0 Å². The SMILES string of the molecule is CC1CCCCC1NC(=O)CNC(=O)[C@@H](N)C(C)C.Cl. The van der Waals surface area contributed by atoms with Gasteiger partial charge in [0.25, 0.3) is 0 Å². The van der Waals surface area contributed by atoms with Crippen LogP contribution in [0.25, 0.3) is 0 Å². The van der Waals surface area contributed by atoms with Gasteiger partial charge in [-0.25, -0.2) is 0 Å². The first-order valence-electron chi connectivity index (χ1n) is 7.24. The minimum atomic E-state index is -0.554. The van der Waals surface area contributed by atoms with Crippen LogP contribution in [0.4, 0.5) is 0 Å². The maximum Gasteiger partial charge on any atom is 0.239 e. The Morgan fingerprint density at radius 2 is 1.85 bits per heavy atom. The van der Waals surface area contributed by atoms with Gasteiger partial charge in [0.15, 0.2) is 0 Å². The lowest BCUT2D eigenvalue weighted by Gasteiger charge is -2.29. The minimum absolute atomic E-state index is 0. The molecule has 1 aliphatic rings. The second-order valence-corrected chi connectivity index (χ2v) is 5.92. The van der Waals surface area contributed by atoms with E-state index in [9.17, 15) is 9.59 Å². The molecule has 0 aromatic rings. The van der Waals surface area contributed by atoms with Crippen molar-refractivity contribution in [2.24, 2.45) is 17.6 Å². The molecule has 0 aromatic heterocycles. The van der Waals surface area contributed by atoms with Crippen LogP contribution in [0, 0.1) is 11.8 Å². The van der Waals surface area contributed by atoms with Gasteiger partial charge in [-0.15, -0.1) is 12.4 Å². The average molecular weight is 306 g/mol. The molecule has 3 atom stereocenters. The van der Waals surface area contributed by atoms with Crippen LogP contribution in [0.2, 0.25) is 0 Å². The second-order valence-electron chi connectivity index (χ2n) is 5.92. The topological polar surface area (TPSA) is 84.2 Å². The molecular formula is C14H28ClN3O2. The molecule has 0 aromatic carbocycles. The van der Waals surface area contributed by atoms with Crippen molar-refractivity contribution in [3.8, 4) is 0 Å². The first-order valence-corrected chi connectivity index (χ1v) is 7.24. The summed E-state index contributed by atoms with van der Waals surface area (Å²) in [6.45, 7) is 5.95. The molecule has 5 nitrogen and oxygen atoms in total. The van der Waals surface area contributed by atoms with E-state index in [4.69, 9.17) is 5.73 Å². The van der Waals surface area contributed by atoms with Gasteiger partial charge in [0.05, 0.1) is 12.6 Å². The largest absolute Gasteiger partial charge is 0.352 e. The van der Waals surface area contributed by atoms with Crippen LogP contribution < -0.4 is 16.4 Å². The Kier molecular flexibility index (Phi) is 8.81. The van der Waals surface area contributed by atoms with Crippen LogP contribution in [-0.2, 0) is 9.59 Å². The van der Waals surface area contributed by atoms with Crippen molar-refractivity contribution in [2.45, 2.75) is 58.5 Å². The van der Waals surface area contributed by atoms with Crippen LogP contribution in [0.15, 0.2) is 0 Å². The molecule has 0 radical (unpaired) electrons. The predicted molar refractivity (Wildman–Crippen MR) is 82.6 cm³/mol. The van der Waals surface area contributed by atoms with E-state index in [0.717, 1.165) is 12.8 Å². The monoisotopic (exact) mass is 305 g/mol. The molecule has 1 rings (SSSR count). The summed E-state index contributed by atoms with van der Waals surface area (Å²) in [6.07, 6.45) is 4.61. The van der Waals surface area contributed by atoms with Gasteiger partial charge in [-0.3, -0.25) is 9.59 Å². The van der Waals surface area contributed by atoms with Gasteiger partial charge in [0.1, 0.15) is 0 Å². The third kappa shape index (κ3) is 6.09. The van der Waals surface area contributed by atoms with Gasteiger partial charge in [0.2, 0.25) is 11.8 Å². The summed E-state index contributed by atoms with van der Waals surface area (Å²) in [7, 11) is 0. The van der Waals surface area contributed by atoms with Gasteiger partial charge in [-0.2, -0.15) is 0 Å². The molecule has 1 saturated carbocycles. The zero-order valence-electron chi connectivity index (χ0n) is 12.6. The Bertz CT molecular complexity index is 324. The summed E-state index contributed by atoms with van der Waals surface area (Å²) in [6, 6.07) is -0.307. The van der Waals surface area contributed by atoms with Crippen LogP contribution >= 0.6 is 12.4 Å². The Morgan fingerprint density at radius 1 is 1.25 bits per heavy atom. The van der Waals surface area contributed by atoms with Crippen molar-refractivity contribution in [3.63, 3.8) is 0 Å². The van der Waals surface area contributed by atoms with Crippen LogP contribution in [0.1, 0.15) is 46.5 Å². The quantitative estimate of drug-likeness (QED) is 0.713. The number of hydrogen-bond donors (Lipinski definition) is 3. The summed E-state index contributed by atoms with van der Waals surface area (Å²) in [5, 5.41) is 5.59. The average Bonchev–Trinajstić information content (AvgIpc) is 2.37. The summed E-state index contributed by atoms with van der Waals surface area (Å²) >= 11 is 0. The third-order valence-corrected chi connectivity index (χ3v) is 3.90. The van der Waals surface area contributed by atoms with Crippen molar-refractivity contribution in [2.75, 3.05) is 6.54 Å². The van der Waals surface area contributed by atoms with Crippen LogP contribution in [-0.4, -0.2) is 30.4 Å². The van der Waals surface area contributed by atoms with E-state index in [1.165, 1.54) is 12.8 Å². The van der Waals surface area contributed by atoms with E-state index in [-0.39, 0.29) is 42.7 Å². The summed E-state index contributed by atoms with van der Waals surface area (Å²) in [5.74, 6) is 0.206. The Morgan fingerprint density at radius 3 is 2.40 bits per heavy atom. The lowest BCUT2D eigenvalue weighted by atomic mass is 9.86. The van der Waals surface area contributed by atoms with Gasteiger partial charge in [0, 0.05) is 6.04 Å². The summed E-state index contributed by atoms with van der Waals surface area (Å²) < 4.78 is 0. The molecule has 0 bridgehead atoms. The smallest absolute Gasteiger partial charge is 0.239 e.